The summed E-state index contributed by atoms with van der Waals surface area (Å²) < 4.78 is 0. The second kappa shape index (κ2) is 4.86. The molecule has 84 valence electrons. The maximum atomic E-state index is 9.01. The van der Waals surface area contributed by atoms with Crippen molar-refractivity contribution in [3.8, 4) is 6.07 Å². The molecule has 1 aliphatic heterocycles. The van der Waals surface area contributed by atoms with E-state index in [1.807, 2.05) is 18.2 Å². The summed E-state index contributed by atoms with van der Waals surface area (Å²) in [5.41, 5.74) is 1.22. The molecule has 3 heteroatoms. The van der Waals surface area contributed by atoms with Gasteiger partial charge in [-0.25, -0.2) is 0 Å². The number of hydrogen-bond acceptors (Lipinski definition) is 2. The van der Waals surface area contributed by atoms with E-state index in [2.05, 4.69) is 17.5 Å². The molecule has 1 saturated heterocycles. The van der Waals surface area contributed by atoms with Crippen LogP contribution < -0.4 is 5.32 Å². The third-order valence-electron chi connectivity index (χ3n) is 3.42. The van der Waals surface area contributed by atoms with Gasteiger partial charge in [-0.15, -0.1) is 0 Å². The third kappa shape index (κ3) is 2.21. The fraction of sp³-hybridized carbons (Fsp3) is 0.462. The monoisotopic (exact) mass is 234 g/mol. The molecule has 0 saturated carbocycles. The minimum Gasteiger partial charge on any atom is -0.317 e. The van der Waals surface area contributed by atoms with Gasteiger partial charge in [0, 0.05) is 16.9 Å². The summed E-state index contributed by atoms with van der Waals surface area (Å²) in [6, 6.07) is 10.3. The maximum Gasteiger partial charge on any atom is 0.0631 e. The molecule has 0 amide bonds. The predicted molar refractivity (Wildman–Crippen MR) is 65.5 cm³/mol. The van der Waals surface area contributed by atoms with E-state index in [9.17, 15) is 0 Å². The normalized spacial score (nSPS) is 19.0. The summed E-state index contributed by atoms with van der Waals surface area (Å²) in [6.45, 7) is 1.96. The molecule has 0 unspecified atom stereocenters. The highest BCUT2D eigenvalue weighted by molar-refractivity contribution is 6.30. The molecule has 0 aliphatic carbocycles. The molecular weight excluding hydrogens is 220 g/mol. The summed E-state index contributed by atoms with van der Waals surface area (Å²) in [4.78, 5) is 0. The Kier molecular flexibility index (Phi) is 3.48. The second-order valence-electron chi connectivity index (χ2n) is 4.38. The summed E-state index contributed by atoms with van der Waals surface area (Å²) in [5.74, 6) is 0. The number of benzene rings is 1. The molecule has 0 spiro atoms. The van der Waals surface area contributed by atoms with E-state index in [4.69, 9.17) is 16.9 Å². The largest absolute Gasteiger partial charge is 0.317 e. The maximum absolute atomic E-state index is 9.01. The van der Waals surface area contributed by atoms with Gasteiger partial charge in [0.15, 0.2) is 0 Å². The predicted octanol–water partition coefficient (Wildman–Crippen LogP) is 2.87. The topological polar surface area (TPSA) is 35.8 Å². The molecule has 1 N–H and O–H groups in total. The van der Waals surface area contributed by atoms with Gasteiger partial charge in [-0.1, -0.05) is 23.7 Å². The quantitative estimate of drug-likeness (QED) is 0.854. The number of nitriles is 1. The van der Waals surface area contributed by atoms with E-state index in [-0.39, 0.29) is 5.41 Å². The minimum absolute atomic E-state index is 0.00486. The van der Waals surface area contributed by atoms with Gasteiger partial charge in [0.25, 0.3) is 0 Å². The lowest BCUT2D eigenvalue weighted by molar-refractivity contribution is 0.312. The van der Waals surface area contributed by atoms with Gasteiger partial charge < -0.3 is 5.32 Å². The van der Waals surface area contributed by atoms with Crippen molar-refractivity contribution in [3.05, 3.63) is 34.9 Å². The van der Waals surface area contributed by atoms with Gasteiger partial charge in [0.05, 0.1) is 6.07 Å². The Morgan fingerprint density at radius 2 is 2.12 bits per heavy atom. The van der Waals surface area contributed by atoms with E-state index in [0.29, 0.717) is 6.42 Å². The summed E-state index contributed by atoms with van der Waals surface area (Å²) in [6.07, 6.45) is 2.61. The summed E-state index contributed by atoms with van der Waals surface area (Å²) in [5, 5.41) is 13.1. The molecule has 0 atom stereocenters. The Hall–Kier alpha value is -1.04. The number of nitrogens with one attached hydrogen (secondary N) is 1. The number of hydrogen-bond donors (Lipinski definition) is 1. The molecule has 1 heterocycles. The van der Waals surface area contributed by atoms with Crippen LogP contribution in [0.5, 0.6) is 0 Å². The van der Waals surface area contributed by atoms with Crippen molar-refractivity contribution in [1.29, 1.82) is 5.26 Å². The van der Waals surface area contributed by atoms with Crippen molar-refractivity contribution in [3.63, 3.8) is 0 Å². The van der Waals surface area contributed by atoms with Crippen LogP contribution in [0.2, 0.25) is 5.02 Å². The average Bonchev–Trinajstić information content (AvgIpc) is 2.31. The molecule has 1 fully saturated rings. The standard InChI is InChI=1S/C13H15ClN2/c14-12-3-1-2-11(10-12)13(4-7-15)5-8-16-9-6-13/h1-3,10,16H,4-6,8-9H2. The Morgan fingerprint density at radius 1 is 1.38 bits per heavy atom. The van der Waals surface area contributed by atoms with Crippen LogP contribution in [0.25, 0.3) is 0 Å². The van der Waals surface area contributed by atoms with E-state index < -0.39 is 0 Å². The van der Waals surface area contributed by atoms with E-state index in [1.165, 1.54) is 5.56 Å². The molecule has 2 rings (SSSR count). The van der Waals surface area contributed by atoms with Crippen molar-refractivity contribution in [2.75, 3.05) is 13.1 Å². The lowest BCUT2D eigenvalue weighted by atomic mass is 9.71. The molecule has 2 nitrogen and oxygen atoms in total. The molecule has 1 aromatic carbocycles. The lowest BCUT2D eigenvalue weighted by Gasteiger charge is -2.36. The molecular formula is C13H15ClN2. The molecule has 0 radical (unpaired) electrons. The Morgan fingerprint density at radius 3 is 2.75 bits per heavy atom. The smallest absolute Gasteiger partial charge is 0.0631 e. The van der Waals surface area contributed by atoms with Gasteiger partial charge >= 0.3 is 0 Å². The van der Waals surface area contributed by atoms with Gasteiger partial charge in [-0.05, 0) is 43.6 Å². The summed E-state index contributed by atoms with van der Waals surface area (Å²) in [7, 11) is 0. The van der Waals surface area contributed by atoms with E-state index in [0.717, 1.165) is 31.0 Å². The molecule has 16 heavy (non-hydrogen) atoms. The van der Waals surface area contributed by atoms with Crippen LogP contribution in [0.3, 0.4) is 0 Å². The fourth-order valence-corrected chi connectivity index (χ4v) is 2.63. The van der Waals surface area contributed by atoms with Crippen molar-refractivity contribution < 1.29 is 0 Å². The van der Waals surface area contributed by atoms with Crippen LogP contribution >= 0.6 is 11.6 Å². The number of nitrogens with zero attached hydrogens (tertiary/aromatic N) is 1. The highest BCUT2D eigenvalue weighted by Gasteiger charge is 2.33. The number of halogens is 1. The van der Waals surface area contributed by atoms with E-state index in [1.54, 1.807) is 0 Å². The lowest BCUT2D eigenvalue weighted by Crippen LogP contribution is -2.39. The van der Waals surface area contributed by atoms with Gasteiger partial charge in [-0.2, -0.15) is 5.26 Å². The van der Waals surface area contributed by atoms with Gasteiger partial charge in [0.1, 0.15) is 0 Å². The van der Waals surface area contributed by atoms with Crippen molar-refractivity contribution in [1.82, 2.24) is 5.32 Å². The van der Waals surface area contributed by atoms with Crippen LogP contribution in [0.15, 0.2) is 24.3 Å². The molecule has 1 aliphatic rings. The SMILES string of the molecule is N#CCC1(c2cccc(Cl)c2)CCNCC1. The number of rotatable bonds is 2. The minimum atomic E-state index is 0.00486. The Bertz CT molecular complexity index is 403. The first-order chi connectivity index (χ1) is 7.77. The first-order valence-corrected chi connectivity index (χ1v) is 5.98. The van der Waals surface area contributed by atoms with Crippen LogP contribution in [0.1, 0.15) is 24.8 Å². The van der Waals surface area contributed by atoms with Crippen molar-refractivity contribution >= 4 is 11.6 Å². The fourth-order valence-electron chi connectivity index (χ4n) is 2.44. The second-order valence-corrected chi connectivity index (χ2v) is 4.81. The highest BCUT2D eigenvalue weighted by atomic mass is 35.5. The zero-order chi connectivity index (χ0) is 11.4. The molecule has 1 aromatic rings. The summed E-state index contributed by atoms with van der Waals surface area (Å²) >= 11 is 6.03. The third-order valence-corrected chi connectivity index (χ3v) is 3.65. The Labute approximate surface area is 101 Å². The van der Waals surface area contributed by atoms with Gasteiger partial charge in [-0.3, -0.25) is 0 Å². The average molecular weight is 235 g/mol. The Balaban J connectivity index is 2.35. The number of piperidine rings is 1. The first kappa shape index (κ1) is 11.4. The highest BCUT2D eigenvalue weighted by Crippen LogP contribution is 2.37. The molecule has 0 aromatic heterocycles. The van der Waals surface area contributed by atoms with Crippen LogP contribution in [-0.2, 0) is 5.41 Å². The van der Waals surface area contributed by atoms with E-state index >= 15 is 0 Å². The van der Waals surface area contributed by atoms with Crippen LogP contribution in [0.4, 0.5) is 0 Å². The van der Waals surface area contributed by atoms with Crippen LogP contribution in [-0.4, -0.2) is 13.1 Å². The van der Waals surface area contributed by atoms with Crippen molar-refractivity contribution in [2.24, 2.45) is 0 Å². The zero-order valence-corrected chi connectivity index (χ0v) is 9.93. The van der Waals surface area contributed by atoms with Gasteiger partial charge in [0.2, 0.25) is 0 Å². The van der Waals surface area contributed by atoms with Crippen molar-refractivity contribution in [2.45, 2.75) is 24.7 Å². The van der Waals surface area contributed by atoms with Crippen LogP contribution in [0, 0.1) is 11.3 Å². The first-order valence-electron chi connectivity index (χ1n) is 5.61. The molecule has 0 bridgehead atoms. The zero-order valence-electron chi connectivity index (χ0n) is 9.17.